The fourth-order valence-corrected chi connectivity index (χ4v) is 1.83. The van der Waals surface area contributed by atoms with Gasteiger partial charge in [-0.3, -0.25) is 19.6 Å². The highest BCUT2D eigenvalue weighted by molar-refractivity contribution is 5.78. The fourth-order valence-electron chi connectivity index (χ4n) is 1.83. The largest absolute Gasteiger partial charge is 0.395 e. The molecule has 0 saturated carbocycles. The van der Waals surface area contributed by atoms with E-state index in [4.69, 9.17) is 5.11 Å². The molecule has 2 N–H and O–H groups in total. The van der Waals surface area contributed by atoms with E-state index >= 15 is 0 Å². The number of aliphatic hydroxyl groups is 1. The van der Waals surface area contributed by atoms with E-state index in [1.807, 2.05) is 0 Å². The molecule has 0 spiro atoms. The Bertz CT molecular complexity index is 483. The van der Waals surface area contributed by atoms with Crippen molar-refractivity contribution < 1.29 is 14.8 Å². The van der Waals surface area contributed by atoms with E-state index in [9.17, 15) is 14.9 Å². The Labute approximate surface area is 110 Å². The maximum Gasteiger partial charge on any atom is 0.312 e. The summed E-state index contributed by atoms with van der Waals surface area (Å²) in [4.78, 5) is 22.0. The number of rotatable bonds is 6. The minimum absolute atomic E-state index is 0.0111. The van der Waals surface area contributed by atoms with E-state index in [0.717, 1.165) is 0 Å². The van der Waals surface area contributed by atoms with Gasteiger partial charge in [-0.25, -0.2) is 0 Å². The molecule has 0 radical (unpaired) electrons. The van der Waals surface area contributed by atoms with Crippen molar-refractivity contribution in [3.63, 3.8) is 0 Å². The minimum Gasteiger partial charge on any atom is -0.395 e. The molecular formula is C11H18N4O4. The van der Waals surface area contributed by atoms with Gasteiger partial charge in [0.25, 0.3) is 0 Å². The van der Waals surface area contributed by atoms with Gasteiger partial charge in [0, 0.05) is 6.54 Å². The first kappa shape index (κ1) is 15.1. The van der Waals surface area contributed by atoms with Gasteiger partial charge in [0.1, 0.15) is 11.4 Å². The number of hydrogen-bond donors (Lipinski definition) is 2. The molecular weight excluding hydrogens is 252 g/mol. The van der Waals surface area contributed by atoms with Crippen LogP contribution in [-0.2, 0) is 11.3 Å². The lowest BCUT2D eigenvalue weighted by atomic mass is 10.1. The van der Waals surface area contributed by atoms with Gasteiger partial charge in [-0.05, 0) is 13.8 Å². The summed E-state index contributed by atoms with van der Waals surface area (Å²) in [7, 11) is 0. The summed E-state index contributed by atoms with van der Waals surface area (Å²) in [6.45, 7) is 5.21. The fraction of sp³-hybridized carbons (Fsp3) is 0.636. The summed E-state index contributed by atoms with van der Waals surface area (Å²) in [5.41, 5.74) is 0.762. The lowest BCUT2D eigenvalue weighted by Gasteiger charge is -2.12. The van der Waals surface area contributed by atoms with Crippen molar-refractivity contribution in [2.75, 3.05) is 13.2 Å². The van der Waals surface area contributed by atoms with Gasteiger partial charge < -0.3 is 10.4 Å². The highest BCUT2D eigenvalue weighted by Crippen LogP contribution is 2.22. The normalized spacial score (nSPS) is 12.2. The minimum atomic E-state index is -0.468. The van der Waals surface area contributed by atoms with Crippen molar-refractivity contribution >= 4 is 11.6 Å². The van der Waals surface area contributed by atoms with Crippen LogP contribution in [0, 0.1) is 29.9 Å². The topological polar surface area (TPSA) is 110 Å². The van der Waals surface area contributed by atoms with Gasteiger partial charge in [-0.1, -0.05) is 6.92 Å². The van der Waals surface area contributed by atoms with E-state index < -0.39 is 4.92 Å². The summed E-state index contributed by atoms with van der Waals surface area (Å²) in [5.74, 6) is -0.603. The maximum atomic E-state index is 11.6. The number of nitrogens with one attached hydrogen (secondary N) is 1. The number of amides is 1. The van der Waals surface area contributed by atoms with Crippen LogP contribution in [0.15, 0.2) is 0 Å². The molecule has 0 aromatic carbocycles. The maximum absolute atomic E-state index is 11.6. The van der Waals surface area contributed by atoms with Crippen molar-refractivity contribution in [2.24, 2.45) is 5.92 Å². The summed E-state index contributed by atoms with van der Waals surface area (Å²) in [6, 6.07) is 0. The van der Waals surface area contributed by atoms with Gasteiger partial charge in [0.05, 0.1) is 24.0 Å². The lowest BCUT2D eigenvalue weighted by molar-refractivity contribution is -0.386. The Kier molecular flexibility index (Phi) is 4.99. The zero-order valence-corrected chi connectivity index (χ0v) is 11.2. The Morgan fingerprint density at radius 3 is 2.68 bits per heavy atom. The first-order valence-electron chi connectivity index (χ1n) is 5.95. The molecule has 0 saturated heterocycles. The molecule has 106 valence electrons. The SMILES string of the molecule is Cc1nn(CC(C)C(=O)NCCO)c(C)c1[N+](=O)[O-]. The number of carbonyl (C=O) groups excluding carboxylic acids is 1. The summed E-state index contributed by atoms with van der Waals surface area (Å²) in [6.07, 6.45) is 0. The average molecular weight is 270 g/mol. The van der Waals surface area contributed by atoms with Crippen LogP contribution >= 0.6 is 0 Å². The number of aliphatic hydroxyl groups excluding tert-OH is 1. The van der Waals surface area contributed by atoms with E-state index in [2.05, 4.69) is 10.4 Å². The molecule has 19 heavy (non-hydrogen) atoms. The molecule has 8 nitrogen and oxygen atoms in total. The predicted octanol–water partition coefficient (Wildman–Crippen LogP) is 0.153. The highest BCUT2D eigenvalue weighted by atomic mass is 16.6. The first-order valence-corrected chi connectivity index (χ1v) is 5.95. The smallest absolute Gasteiger partial charge is 0.312 e. The number of hydrogen-bond acceptors (Lipinski definition) is 5. The predicted molar refractivity (Wildman–Crippen MR) is 67.6 cm³/mol. The quantitative estimate of drug-likeness (QED) is 0.565. The molecule has 1 rings (SSSR count). The second-order valence-electron chi connectivity index (χ2n) is 4.37. The molecule has 1 aromatic heterocycles. The van der Waals surface area contributed by atoms with Crippen LogP contribution in [0.3, 0.4) is 0 Å². The standard InChI is InChI=1S/C11H18N4O4/c1-7(11(17)12-4-5-16)6-14-9(3)10(15(18)19)8(2)13-14/h7,16H,4-6H2,1-3H3,(H,12,17). The van der Waals surface area contributed by atoms with Crippen molar-refractivity contribution in [3.05, 3.63) is 21.5 Å². The Morgan fingerprint density at radius 1 is 1.58 bits per heavy atom. The molecule has 0 aliphatic heterocycles. The van der Waals surface area contributed by atoms with Gasteiger partial charge in [0.2, 0.25) is 5.91 Å². The van der Waals surface area contributed by atoms with Gasteiger partial charge in [-0.2, -0.15) is 5.10 Å². The Morgan fingerprint density at radius 2 is 2.21 bits per heavy atom. The Hall–Kier alpha value is -1.96. The number of nitro groups is 1. The molecule has 0 aliphatic carbocycles. The van der Waals surface area contributed by atoms with Crippen molar-refractivity contribution in [3.8, 4) is 0 Å². The second kappa shape index (κ2) is 6.28. The molecule has 0 bridgehead atoms. The van der Waals surface area contributed by atoms with E-state index in [-0.39, 0.29) is 37.2 Å². The van der Waals surface area contributed by atoms with Gasteiger partial charge in [-0.15, -0.1) is 0 Å². The lowest BCUT2D eigenvalue weighted by Crippen LogP contribution is -2.33. The number of carbonyl (C=O) groups is 1. The van der Waals surface area contributed by atoms with Crippen LogP contribution in [0.4, 0.5) is 5.69 Å². The third-order valence-electron chi connectivity index (χ3n) is 2.83. The molecule has 1 amide bonds. The number of aryl methyl sites for hydroxylation is 1. The van der Waals surface area contributed by atoms with Crippen molar-refractivity contribution in [2.45, 2.75) is 27.3 Å². The molecule has 1 heterocycles. The third kappa shape index (κ3) is 3.50. The molecule has 8 heteroatoms. The van der Waals surface area contributed by atoms with Crippen LogP contribution in [0.2, 0.25) is 0 Å². The van der Waals surface area contributed by atoms with Gasteiger partial charge in [0.15, 0.2) is 0 Å². The van der Waals surface area contributed by atoms with E-state index in [1.54, 1.807) is 20.8 Å². The monoisotopic (exact) mass is 270 g/mol. The molecule has 0 fully saturated rings. The van der Waals surface area contributed by atoms with Crippen molar-refractivity contribution in [1.82, 2.24) is 15.1 Å². The molecule has 0 aliphatic rings. The highest BCUT2D eigenvalue weighted by Gasteiger charge is 2.23. The molecule has 1 atom stereocenters. The van der Waals surface area contributed by atoms with Crippen LogP contribution in [0.1, 0.15) is 18.3 Å². The summed E-state index contributed by atoms with van der Waals surface area (Å²) in [5, 5.41) is 26.1. The number of nitrogens with zero attached hydrogens (tertiary/aromatic N) is 3. The van der Waals surface area contributed by atoms with Crippen LogP contribution in [0.5, 0.6) is 0 Å². The average Bonchev–Trinajstić information content (AvgIpc) is 2.61. The zero-order valence-electron chi connectivity index (χ0n) is 11.2. The summed E-state index contributed by atoms with van der Waals surface area (Å²) < 4.78 is 1.47. The van der Waals surface area contributed by atoms with Crippen LogP contribution in [0.25, 0.3) is 0 Å². The first-order chi connectivity index (χ1) is 8.88. The van der Waals surface area contributed by atoms with Crippen molar-refractivity contribution in [1.29, 1.82) is 0 Å². The zero-order chi connectivity index (χ0) is 14.6. The second-order valence-corrected chi connectivity index (χ2v) is 4.37. The van der Waals surface area contributed by atoms with E-state index in [1.165, 1.54) is 4.68 Å². The molecule has 1 unspecified atom stereocenters. The molecule has 1 aromatic rings. The van der Waals surface area contributed by atoms with E-state index in [0.29, 0.717) is 11.4 Å². The number of aromatic nitrogens is 2. The Balaban J connectivity index is 2.80. The summed E-state index contributed by atoms with van der Waals surface area (Å²) >= 11 is 0. The third-order valence-corrected chi connectivity index (χ3v) is 2.83. The van der Waals surface area contributed by atoms with Crippen LogP contribution < -0.4 is 5.32 Å². The van der Waals surface area contributed by atoms with Crippen LogP contribution in [-0.4, -0.2) is 38.9 Å². The van der Waals surface area contributed by atoms with Gasteiger partial charge >= 0.3 is 5.69 Å².